The zero-order chi connectivity index (χ0) is 21.8. The highest BCUT2D eigenvalue weighted by atomic mass is 16.5. The summed E-state index contributed by atoms with van der Waals surface area (Å²) in [4.78, 5) is 41.3. The lowest BCUT2D eigenvalue weighted by Gasteiger charge is -2.07. The molecular formula is C21H18N6O4. The molecule has 1 N–H and O–H groups in total. The van der Waals surface area contributed by atoms with Crippen LogP contribution in [0.1, 0.15) is 16.2 Å². The molecule has 0 bridgehead atoms. The molecule has 10 heteroatoms. The van der Waals surface area contributed by atoms with Crippen LogP contribution in [0.15, 0.2) is 74.8 Å². The van der Waals surface area contributed by atoms with Crippen LogP contribution in [0.4, 0.5) is 0 Å². The molecule has 0 radical (unpaired) electrons. The molecule has 0 aliphatic heterocycles. The Morgan fingerprint density at radius 1 is 1.03 bits per heavy atom. The third-order valence-corrected chi connectivity index (χ3v) is 4.55. The summed E-state index contributed by atoms with van der Waals surface area (Å²) in [5.74, 6) is -1.05. The van der Waals surface area contributed by atoms with Gasteiger partial charge in [-0.25, -0.2) is 4.79 Å². The van der Waals surface area contributed by atoms with Gasteiger partial charge >= 0.3 is 17.5 Å². The Hall–Kier alpha value is -4.34. The highest BCUT2D eigenvalue weighted by Crippen LogP contribution is 2.09. The molecule has 0 spiro atoms. The van der Waals surface area contributed by atoms with Crippen LogP contribution in [-0.4, -0.2) is 36.9 Å². The van der Waals surface area contributed by atoms with Gasteiger partial charge in [0.25, 0.3) is 5.56 Å². The van der Waals surface area contributed by atoms with E-state index in [1.807, 2.05) is 30.3 Å². The van der Waals surface area contributed by atoms with Crippen molar-refractivity contribution in [1.82, 2.24) is 29.8 Å². The van der Waals surface area contributed by atoms with Crippen LogP contribution >= 0.6 is 0 Å². The summed E-state index contributed by atoms with van der Waals surface area (Å²) in [7, 11) is 1.33. The fourth-order valence-electron chi connectivity index (χ4n) is 2.90. The number of hydrogen-bond acceptors (Lipinski definition) is 7. The van der Waals surface area contributed by atoms with Gasteiger partial charge in [0.2, 0.25) is 5.82 Å². The van der Waals surface area contributed by atoms with Gasteiger partial charge in [-0.3, -0.25) is 14.2 Å². The van der Waals surface area contributed by atoms with E-state index in [2.05, 4.69) is 20.6 Å². The van der Waals surface area contributed by atoms with E-state index in [4.69, 9.17) is 4.52 Å². The monoisotopic (exact) mass is 418 g/mol. The number of para-hydroxylation sites is 1. The van der Waals surface area contributed by atoms with Gasteiger partial charge in [-0.15, -0.1) is 0 Å². The summed E-state index contributed by atoms with van der Waals surface area (Å²) in [6, 6.07) is 18.3. The van der Waals surface area contributed by atoms with E-state index < -0.39 is 17.2 Å². The molecular weight excluding hydrogens is 400 g/mol. The van der Waals surface area contributed by atoms with Gasteiger partial charge in [0.1, 0.15) is 0 Å². The van der Waals surface area contributed by atoms with E-state index in [0.29, 0.717) is 18.7 Å². The van der Waals surface area contributed by atoms with Gasteiger partial charge in [0.05, 0.1) is 5.69 Å². The molecule has 2 aromatic carbocycles. The molecule has 156 valence electrons. The summed E-state index contributed by atoms with van der Waals surface area (Å²) in [6.07, 6.45) is 0.637. The summed E-state index contributed by atoms with van der Waals surface area (Å²) in [5.41, 5.74) is 0.00554. The van der Waals surface area contributed by atoms with Crippen LogP contribution in [0.25, 0.3) is 17.2 Å². The first-order chi connectivity index (χ1) is 15.0. The zero-order valence-corrected chi connectivity index (χ0v) is 16.6. The molecule has 4 rings (SSSR count). The summed E-state index contributed by atoms with van der Waals surface area (Å²) < 4.78 is 6.96. The van der Waals surface area contributed by atoms with Crippen LogP contribution in [0, 0.1) is 0 Å². The van der Waals surface area contributed by atoms with Crippen LogP contribution in [0.3, 0.4) is 0 Å². The Balaban J connectivity index is 1.57. The summed E-state index contributed by atoms with van der Waals surface area (Å²) in [6.45, 7) is 0.374. The second-order valence-electron chi connectivity index (χ2n) is 6.66. The number of aromatic nitrogens is 5. The molecule has 4 aromatic rings. The molecule has 1 amide bonds. The number of benzene rings is 2. The minimum atomic E-state index is -0.700. The van der Waals surface area contributed by atoms with Crippen LogP contribution in [0.5, 0.6) is 0 Å². The first-order valence-electron chi connectivity index (χ1n) is 9.46. The van der Waals surface area contributed by atoms with Crippen LogP contribution in [0.2, 0.25) is 0 Å². The highest BCUT2D eigenvalue weighted by Gasteiger charge is 2.21. The van der Waals surface area contributed by atoms with Crippen LogP contribution < -0.4 is 16.6 Å². The maximum absolute atomic E-state index is 12.5. The van der Waals surface area contributed by atoms with Crippen molar-refractivity contribution in [3.63, 3.8) is 0 Å². The Morgan fingerprint density at radius 2 is 1.71 bits per heavy atom. The maximum atomic E-state index is 12.5. The van der Waals surface area contributed by atoms with Gasteiger partial charge in [0, 0.05) is 13.6 Å². The van der Waals surface area contributed by atoms with E-state index in [1.54, 1.807) is 30.3 Å². The van der Waals surface area contributed by atoms with Crippen molar-refractivity contribution in [2.24, 2.45) is 7.05 Å². The number of carbonyl (C=O) groups excluding carboxylic acids is 1. The molecule has 0 aliphatic rings. The standard InChI is InChI=1S/C21H18N6O4/c1-26-20(29)16(24-27(21(26)30)15-10-6-3-7-11-15)17-23-19(31-25-17)18(28)22-13-12-14-8-4-2-5-9-14/h2-11H,12-13H2,1H3,(H,22,28). The third kappa shape index (κ3) is 4.17. The summed E-state index contributed by atoms with van der Waals surface area (Å²) in [5, 5.41) is 10.5. The normalized spacial score (nSPS) is 10.7. The molecule has 0 unspecified atom stereocenters. The second-order valence-corrected chi connectivity index (χ2v) is 6.66. The Morgan fingerprint density at radius 3 is 2.42 bits per heavy atom. The number of rotatable bonds is 6. The molecule has 2 heterocycles. The first-order valence-corrected chi connectivity index (χ1v) is 9.46. The van der Waals surface area contributed by atoms with E-state index >= 15 is 0 Å². The van der Waals surface area contributed by atoms with Gasteiger partial charge < -0.3 is 9.84 Å². The molecule has 0 fully saturated rings. The number of hydrogen-bond donors (Lipinski definition) is 1. The van der Waals surface area contributed by atoms with Crippen molar-refractivity contribution in [3.05, 3.63) is 93.0 Å². The molecule has 0 saturated carbocycles. The molecule has 0 atom stereocenters. The van der Waals surface area contributed by atoms with E-state index in [1.165, 1.54) is 7.05 Å². The van der Waals surface area contributed by atoms with Crippen molar-refractivity contribution in [2.45, 2.75) is 6.42 Å². The minimum absolute atomic E-state index is 0.182. The van der Waals surface area contributed by atoms with Crippen molar-refractivity contribution < 1.29 is 9.32 Å². The van der Waals surface area contributed by atoms with Gasteiger partial charge in [0.15, 0.2) is 5.69 Å². The van der Waals surface area contributed by atoms with E-state index in [-0.39, 0.29) is 17.4 Å². The number of nitrogens with one attached hydrogen (secondary N) is 1. The van der Waals surface area contributed by atoms with E-state index in [0.717, 1.165) is 14.8 Å². The fourth-order valence-corrected chi connectivity index (χ4v) is 2.90. The Bertz CT molecular complexity index is 1330. The molecule has 0 saturated heterocycles. The average molecular weight is 418 g/mol. The van der Waals surface area contributed by atoms with Crippen molar-refractivity contribution in [2.75, 3.05) is 6.54 Å². The first kappa shape index (κ1) is 20.0. The van der Waals surface area contributed by atoms with Gasteiger partial charge in [-0.1, -0.05) is 53.7 Å². The second kappa shape index (κ2) is 8.57. The van der Waals surface area contributed by atoms with Gasteiger partial charge in [-0.2, -0.15) is 14.8 Å². The maximum Gasteiger partial charge on any atom is 0.351 e. The predicted molar refractivity (Wildman–Crippen MR) is 111 cm³/mol. The largest absolute Gasteiger partial charge is 0.351 e. The smallest absolute Gasteiger partial charge is 0.347 e. The third-order valence-electron chi connectivity index (χ3n) is 4.55. The topological polar surface area (TPSA) is 125 Å². The Labute approximate surface area is 175 Å². The molecule has 0 aliphatic carbocycles. The van der Waals surface area contributed by atoms with Crippen molar-refractivity contribution in [3.8, 4) is 17.2 Å². The summed E-state index contributed by atoms with van der Waals surface area (Å²) >= 11 is 0. The molecule has 31 heavy (non-hydrogen) atoms. The molecule has 2 aromatic heterocycles. The molecule has 10 nitrogen and oxygen atoms in total. The zero-order valence-electron chi connectivity index (χ0n) is 16.6. The number of carbonyl (C=O) groups is 1. The Kier molecular flexibility index (Phi) is 5.52. The van der Waals surface area contributed by atoms with Gasteiger partial charge in [-0.05, 0) is 24.1 Å². The highest BCUT2D eigenvalue weighted by molar-refractivity contribution is 5.89. The number of nitrogens with zero attached hydrogens (tertiary/aromatic N) is 5. The minimum Gasteiger partial charge on any atom is -0.347 e. The van der Waals surface area contributed by atoms with Crippen molar-refractivity contribution in [1.29, 1.82) is 0 Å². The van der Waals surface area contributed by atoms with Crippen molar-refractivity contribution >= 4 is 5.91 Å². The van der Waals surface area contributed by atoms with Crippen LogP contribution in [-0.2, 0) is 13.5 Å². The predicted octanol–water partition coefficient (Wildman–Crippen LogP) is 0.954. The lowest BCUT2D eigenvalue weighted by atomic mass is 10.1. The number of amides is 1. The SMILES string of the molecule is Cn1c(=O)c(-c2noc(C(=O)NCCc3ccccc3)n2)nn(-c2ccccc2)c1=O. The average Bonchev–Trinajstić information content (AvgIpc) is 3.29. The fraction of sp³-hybridized carbons (Fsp3) is 0.143. The van der Waals surface area contributed by atoms with E-state index in [9.17, 15) is 14.4 Å². The lowest BCUT2D eigenvalue weighted by Crippen LogP contribution is -2.40. The quantitative estimate of drug-likeness (QED) is 0.494. The lowest BCUT2D eigenvalue weighted by molar-refractivity contribution is 0.0910.